The Labute approximate surface area is 159 Å². The van der Waals surface area contributed by atoms with Crippen LogP contribution in [0.4, 0.5) is 4.79 Å². The maximum absolute atomic E-state index is 12.3. The smallest absolute Gasteiger partial charge is 0.317 e. The van der Waals surface area contributed by atoms with E-state index >= 15 is 0 Å². The number of hydrogen-bond acceptors (Lipinski definition) is 5. The van der Waals surface area contributed by atoms with Crippen LogP contribution < -0.4 is 5.32 Å². The van der Waals surface area contributed by atoms with Crippen LogP contribution in [0.2, 0.25) is 0 Å². The third-order valence-electron chi connectivity index (χ3n) is 5.51. The highest BCUT2D eigenvalue weighted by Gasteiger charge is 2.23. The number of amides is 2. The molecule has 1 N–H and O–H groups in total. The molecular formula is C19H28N6O2. The lowest BCUT2D eigenvalue weighted by atomic mass is 9.97. The molecule has 2 aliphatic rings. The maximum atomic E-state index is 12.3. The van der Waals surface area contributed by atoms with Gasteiger partial charge in [-0.2, -0.15) is 0 Å². The lowest BCUT2D eigenvalue weighted by molar-refractivity contribution is 0.163. The van der Waals surface area contributed by atoms with Crippen molar-refractivity contribution < 1.29 is 9.21 Å². The van der Waals surface area contributed by atoms with E-state index < -0.39 is 0 Å². The van der Waals surface area contributed by atoms with Crippen molar-refractivity contribution in [3.63, 3.8) is 0 Å². The van der Waals surface area contributed by atoms with Crippen molar-refractivity contribution >= 4 is 6.03 Å². The van der Waals surface area contributed by atoms with E-state index in [1.54, 1.807) is 6.26 Å². The largest absolute Gasteiger partial charge is 0.467 e. The first-order valence-electron chi connectivity index (χ1n) is 9.93. The summed E-state index contributed by atoms with van der Waals surface area (Å²) < 4.78 is 7.22. The van der Waals surface area contributed by atoms with Gasteiger partial charge in [-0.15, -0.1) is 5.10 Å². The average molecular weight is 372 g/mol. The van der Waals surface area contributed by atoms with Crippen LogP contribution in [-0.2, 0) is 19.6 Å². The number of piperidine rings is 1. The van der Waals surface area contributed by atoms with Gasteiger partial charge in [0.25, 0.3) is 0 Å². The van der Waals surface area contributed by atoms with E-state index in [0.717, 1.165) is 50.5 Å². The van der Waals surface area contributed by atoms with E-state index in [1.807, 2.05) is 21.7 Å². The number of likely N-dealkylation sites (tertiary alicyclic amines) is 2. The molecule has 0 spiro atoms. The summed E-state index contributed by atoms with van der Waals surface area (Å²) in [6.45, 7) is 6.14. The van der Waals surface area contributed by atoms with Gasteiger partial charge in [0, 0.05) is 32.4 Å². The fraction of sp³-hybridized carbons (Fsp3) is 0.632. The topological polar surface area (TPSA) is 79.4 Å². The predicted octanol–water partition coefficient (Wildman–Crippen LogP) is 2.09. The average Bonchev–Trinajstić information content (AvgIpc) is 3.44. The van der Waals surface area contributed by atoms with E-state index in [2.05, 4.69) is 26.7 Å². The SMILES string of the molecule is O=C(NCc1ccco1)N1CCC(Cn2cc(CN3CCCC3)nn2)CC1. The highest BCUT2D eigenvalue weighted by atomic mass is 16.3. The maximum Gasteiger partial charge on any atom is 0.317 e. The summed E-state index contributed by atoms with van der Waals surface area (Å²) in [5.74, 6) is 1.31. The number of nitrogens with zero attached hydrogens (tertiary/aromatic N) is 5. The molecule has 0 aromatic carbocycles. The number of rotatable bonds is 6. The minimum Gasteiger partial charge on any atom is -0.467 e. The van der Waals surface area contributed by atoms with Crippen LogP contribution in [0.15, 0.2) is 29.0 Å². The van der Waals surface area contributed by atoms with Crippen LogP contribution in [0.3, 0.4) is 0 Å². The fourth-order valence-electron chi connectivity index (χ4n) is 3.94. The van der Waals surface area contributed by atoms with Crippen molar-refractivity contribution in [3.05, 3.63) is 36.0 Å². The Morgan fingerprint density at radius 1 is 1.22 bits per heavy atom. The Morgan fingerprint density at radius 3 is 2.78 bits per heavy atom. The van der Waals surface area contributed by atoms with Crippen LogP contribution in [0, 0.1) is 5.92 Å². The molecule has 8 nitrogen and oxygen atoms in total. The molecule has 2 amide bonds. The van der Waals surface area contributed by atoms with Crippen LogP contribution in [0.25, 0.3) is 0 Å². The second kappa shape index (κ2) is 8.56. The first-order chi connectivity index (χ1) is 13.3. The molecule has 2 saturated heterocycles. The zero-order valence-corrected chi connectivity index (χ0v) is 15.7. The molecule has 0 saturated carbocycles. The molecule has 4 heterocycles. The number of aromatic nitrogens is 3. The zero-order chi connectivity index (χ0) is 18.5. The molecule has 0 atom stereocenters. The summed E-state index contributed by atoms with van der Waals surface area (Å²) in [4.78, 5) is 16.6. The van der Waals surface area contributed by atoms with Crippen molar-refractivity contribution in [2.45, 2.75) is 45.3 Å². The Balaban J connectivity index is 1.19. The highest BCUT2D eigenvalue weighted by molar-refractivity contribution is 5.74. The normalized spacial score (nSPS) is 18.9. The highest BCUT2D eigenvalue weighted by Crippen LogP contribution is 2.19. The summed E-state index contributed by atoms with van der Waals surface area (Å²) in [5, 5.41) is 11.5. The van der Waals surface area contributed by atoms with Crippen molar-refractivity contribution in [1.82, 2.24) is 30.1 Å². The zero-order valence-electron chi connectivity index (χ0n) is 15.7. The molecule has 0 bridgehead atoms. The molecule has 2 aromatic heterocycles. The van der Waals surface area contributed by atoms with E-state index in [1.165, 1.54) is 25.9 Å². The van der Waals surface area contributed by atoms with Gasteiger partial charge in [0.2, 0.25) is 0 Å². The molecule has 2 aromatic rings. The van der Waals surface area contributed by atoms with Crippen LogP contribution in [-0.4, -0.2) is 57.0 Å². The second-order valence-electron chi connectivity index (χ2n) is 7.58. The Bertz CT molecular complexity index is 714. The van der Waals surface area contributed by atoms with Gasteiger partial charge in [0.15, 0.2) is 0 Å². The lowest BCUT2D eigenvalue weighted by Crippen LogP contribution is -2.44. The third kappa shape index (κ3) is 4.88. The van der Waals surface area contributed by atoms with E-state index in [0.29, 0.717) is 12.5 Å². The molecule has 4 rings (SSSR count). The summed E-state index contributed by atoms with van der Waals surface area (Å²) in [7, 11) is 0. The van der Waals surface area contributed by atoms with E-state index in [-0.39, 0.29) is 6.03 Å². The summed E-state index contributed by atoms with van der Waals surface area (Å²) in [6.07, 6.45) is 8.28. The van der Waals surface area contributed by atoms with Crippen LogP contribution >= 0.6 is 0 Å². The van der Waals surface area contributed by atoms with Gasteiger partial charge in [-0.3, -0.25) is 9.58 Å². The molecule has 2 fully saturated rings. The number of furan rings is 1. The van der Waals surface area contributed by atoms with Gasteiger partial charge < -0.3 is 14.6 Å². The van der Waals surface area contributed by atoms with E-state index in [4.69, 9.17) is 4.42 Å². The van der Waals surface area contributed by atoms with Gasteiger partial charge in [-0.05, 0) is 56.8 Å². The van der Waals surface area contributed by atoms with Crippen LogP contribution in [0.5, 0.6) is 0 Å². The number of carbonyl (C=O) groups excluding carboxylic acids is 1. The van der Waals surface area contributed by atoms with Crippen molar-refractivity contribution in [1.29, 1.82) is 0 Å². The molecule has 0 unspecified atom stereocenters. The van der Waals surface area contributed by atoms with Gasteiger partial charge in [-0.25, -0.2) is 4.79 Å². The first-order valence-corrected chi connectivity index (χ1v) is 9.93. The second-order valence-corrected chi connectivity index (χ2v) is 7.58. The van der Waals surface area contributed by atoms with Gasteiger partial charge >= 0.3 is 6.03 Å². The molecular weight excluding hydrogens is 344 g/mol. The van der Waals surface area contributed by atoms with Gasteiger partial charge in [0.05, 0.1) is 18.5 Å². The lowest BCUT2D eigenvalue weighted by Gasteiger charge is -2.31. The summed E-state index contributed by atoms with van der Waals surface area (Å²) in [5.41, 5.74) is 1.06. The Hall–Kier alpha value is -2.35. The number of nitrogens with one attached hydrogen (secondary N) is 1. The predicted molar refractivity (Wildman–Crippen MR) is 99.8 cm³/mol. The van der Waals surface area contributed by atoms with Gasteiger partial charge in [-0.1, -0.05) is 5.21 Å². The summed E-state index contributed by atoms with van der Waals surface area (Å²) in [6, 6.07) is 3.68. The van der Waals surface area contributed by atoms with E-state index in [9.17, 15) is 4.79 Å². The molecule has 0 radical (unpaired) electrons. The fourth-order valence-corrected chi connectivity index (χ4v) is 3.94. The number of carbonyl (C=O) groups is 1. The standard InChI is InChI=1S/C19H28N6O2/c26-19(20-12-18-4-3-11-27-18)24-9-5-16(6-10-24)13-25-15-17(21-22-25)14-23-7-1-2-8-23/h3-4,11,15-16H,1-2,5-10,12-14H2,(H,20,26). The van der Waals surface area contributed by atoms with Crippen LogP contribution in [0.1, 0.15) is 37.1 Å². The first kappa shape index (κ1) is 18.0. The Kier molecular flexibility index (Phi) is 5.72. The number of hydrogen-bond donors (Lipinski definition) is 1. The number of urea groups is 1. The minimum absolute atomic E-state index is 0.0153. The molecule has 0 aliphatic carbocycles. The van der Waals surface area contributed by atoms with Gasteiger partial charge in [0.1, 0.15) is 5.76 Å². The Morgan fingerprint density at radius 2 is 2.04 bits per heavy atom. The molecule has 2 aliphatic heterocycles. The minimum atomic E-state index is -0.0153. The molecule has 27 heavy (non-hydrogen) atoms. The monoisotopic (exact) mass is 372 g/mol. The van der Waals surface area contributed by atoms with Crippen molar-refractivity contribution in [3.8, 4) is 0 Å². The molecule has 8 heteroatoms. The van der Waals surface area contributed by atoms with Crippen molar-refractivity contribution in [2.24, 2.45) is 5.92 Å². The van der Waals surface area contributed by atoms with Crippen molar-refractivity contribution in [2.75, 3.05) is 26.2 Å². The molecule has 146 valence electrons. The summed E-state index contributed by atoms with van der Waals surface area (Å²) >= 11 is 0. The quantitative estimate of drug-likeness (QED) is 0.840. The third-order valence-corrected chi connectivity index (χ3v) is 5.51.